The van der Waals surface area contributed by atoms with Crippen LogP contribution in [0.2, 0.25) is 0 Å². The van der Waals surface area contributed by atoms with Gasteiger partial charge in [0.15, 0.2) is 0 Å². The number of nitrogens with one attached hydrogen (secondary N) is 1. The summed E-state index contributed by atoms with van der Waals surface area (Å²) in [6.45, 7) is 2.43. The van der Waals surface area contributed by atoms with Gasteiger partial charge < -0.3 is 10.1 Å². The zero-order chi connectivity index (χ0) is 17.9. The van der Waals surface area contributed by atoms with Gasteiger partial charge in [-0.15, -0.1) is 0 Å². The average Bonchev–Trinajstić information content (AvgIpc) is 2.55. The van der Waals surface area contributed by atoms with Crippen LogP contribution in [0.1, 0.15) is 28.8 Å². The molecular formula is C16H22N2O5S. The van der Waals surface area contributed by atoms with Gasteiger partial charge in [0.05, 0.1) is 18.9 Å². The summed E-state index contributed by atoms with van der Waals surface area (Å²) in [6.07, 6.45) is 2.14. The summed E-state index contributed by atoms with van der Waals surface area (Å²) in [7, 11) is -1.90. The van der Waals surface area contributed by atoms with Gasteiger partial charge in [0.2, 0.25) is 15.9 Å². The fourth-order valence-electron chi connectivity index (χ4n) is 2.79. The molecule has 1 saturated heterocycles. The molecule has 8 heteroatoms. The minimum atomic E-state index is -3.21. The number of esters is 1. The molecule has 0 spiro atoms. The number of piperidine rings is 1. The number of amides is 1. The molecule has 0 saturated carbocycles. The van der Waals surface area contributed by atoms with Crippen LogP contribution in [0.4, 0.5) is 5.69 Å². The van der Waals surface area contributed by atoms with E-state index in [1.54, 1.807) is 25.1 Å². The van der Waals surface area contributed by atoms with Crippen molar-refractivity contribution in [3.8, 4) is 0 Å². The number of benzene rings is 1. The Morgan fingerprint density at radius 3 is 2.42 bits per heavy atom. The first-order valence-corrected chi connectivity index (χ1v) is 9.52. The first-order chi connectivity index (χ1) is 11.2. The third-order valence-electron chi connectivity index (χ3n) is 4.29. The summed E-state index contributed by atoms with van der Waals surface area (Å²) in [6, 6.07) is 5.05. The lowest BCUT2D eigenvalue weighted by Gasteiger charge is -2.29. The Bertz CT molecular complexity index is 737. The van der Waals surface area contributed by atoms with Gasteiger partial charge in [-0.3, -0.25) is 4.79 Å². The first-order valence-electron chi connectivity index (χ1n) is 7.68. The lowest BCUT2D eigenvalue weighted by Crippen LogP contribution is -2.40. The number of anilines is 1. The Kier molecular flexibility index (Phi) is 5.61. The molecule has 2 rings (SSSR count). The molecule has 0 radical (unpaired) electrons. The van der Waals surface area contributed by atoms with Gasteiger partial charge in [0, 0.05) is 24.7 Å². The third kappa shape index (κ3) is 4.12. The van der Waals surface area contributed by atoms with Crippen LogP contribution in [0, 0.1) is 12.8 Å². The Morgan fingerprint density at radius 1 is 1.25 bits per heavy atom. The van der Waals surface area contributed by atoms with E-state index in [0.29, 0.717) is 42.7 Å². The van der Waals surface area contributed by atoms with Crippen molar-refractivity contribution in [3.63, 3.8) is 0 Å². The molecule has 24 heavy (non-hydrogen) atoms. The van der Waals surface area contributed by atoms with Gasteiger partial charge in [0.25, 0.3) is 0 Å². The number of carbonyl (C=O) groups is 2. The molecule has 0 bridgehead atoms. The van der Waals surface area contributed by atoms with Crippen molar-refractivity contribution in [2.24, 2.45) is 5.92 Å². The number of hydrogen-bond acceptors (Lipinski definition) is 5. The fraction of sp³-hybridized carbons (Fsp3) is 0.500. The zero-order valence-electron chi connectivity index (χ0n) is 14.0. The van der Waals surface area contributed by atoms with Crippen LogP contribution < -0.4 is 5.32 Å². The van der Waals surface area contributed by atoms with Crippen molar-refractivity contribution in [2.45, 2.75) is 19.8 Å². The van der Waals surface area contributed by atoms with Crippen molar-refractivity contribution >= 4 is 27.6 Å². The summed E-state index contributed by atoms with van der Waals surface area (Å²) in [4.78, 5) is 24.1. The predicted molar refractivity (Wildman–Crippen MR) is 90.3 cm³/mol. The minimum Gasteiger partial charge on any atom is -0.465 e. The van der Waals surface area contributed by atoms with Crippen LogP contribution in [-0.4, -0.2) is 51.1 Å². The van der Waals surface area contributed by atoms with Crippen LogP contribution in [0.3, 0.4) is 0 Å². The number of carbonyl (C=O) groups excluding carboxylic acids is 2. The molecular weight excluding hydrogens is 332 g/mol. The zero-order valence-corrected chi connectivity index (χ0v) is 14.9. The van der Waals surface area contributed by atoms with Crippen LogP contribution in [-0.2, 0) is 19.6 Å². The van der Waals surface area contributed by atoms with Gasteiger partial charge in [-0.05, 0) is 37.5 Å². The summed E-state index contributed by atoms with van der Waals surface area (Å²) in [5.74, 6) is -0.859. The largest absolute Gasteiger partial charge is 0.465 e. The third-order valence-corrected chi connectivity index (χ3v) is 5.59. The highest BCUT2D eigenvalue weighted by molar-refractivity contribution is 7.88. The molecule has 0 unspecified atom stereocenters. The number of rotatable bonds is 4. The van der Waals surface area contributed by atoms with Crippen molar-refractivity contribution in [1.29, 1.82) is 0 Å². The summed E-state index contributed by atoms with van der Waals surface area (Å²) < 4.78 is 29.1. The molecule has 1 aromatic rings. The molecule has 1 aromatic carbocycles. The van der Waals surface area contributed by atoms with Gasteiger partial charge in [-0.1, -0.05) is 6.07 Å². The number of sulfonamides is 1. The van der Waals surface area contributed by atoms with Crippen LogP contribution in [0.15, 0.2) is 18.2 Å². The van der Waals surface area contributed by atoms with Crippen molar-refractivity contribution in [3.05, 3.63) is 29.3 Å². The average molecular weight is 354 g/mol. The van der Waals surface area contributed by atoms with E-state index in [2.05, 4.69) is 5.32 Å². The fourth-order valence-corrected chi connectivity index (χ4v) is 3.66. The highest BCUT2D eigenvalue weighted by Crippen LogP contribution is 2.24. The van der Waals surface area contributed by atoms with Gasteiger partial charge in [0.1, 0.15) is 0 Å². The number of nitrogens with zero attached hydrogens (tertiary/aromatic N) is 1. The lowest BCUT2D eigenvalue weighted by molar-refractivity contribution is -0.120. The molecule has 132 valence electrons. The van der Waals surface area contributed by atoms with Crippen LogP contribution in [0.25, 0.3) is 0 Å². The SMILES string of the molecule is COC(=O)c1cccc(NC(=O)C2CCN(S(C)(=O)=O)CC2)c1C. The van der Waals surface area contributed by atoms with E-state index in [4.69, 9.17) is 4.74 Å². The Hall–Kier alpha value is -1.93. The van der Waals surface area contributed by atoms with E-state index < -0.39 is 16.0 Å². The minimum absolute atomic E-state index is 0.159. The van der Waals surface area contributed by atoms with Gasteiger partial charge in [-0.25, -0.2) is 17.5 Å². The maximum Gasteiger partial charge on any atom is 0.338 e. The molecule has 0 aliphatic carbocycles. The van der Waals surface area contributed by atoms with E-state index in [0.717, 1.165) is 0 Å². The maximum atomic E-state index is 12.4. The first kappa shape index (κ1) is 18.4. The number of methoxy groups -OCH3 is 1. The van der Waals surface area contributed by atoms with Crippen molar-refractivity contribution in [2.75, 3.05) is 31.8 Å². The van der Waals surface area contributed by atoms with Crippen LogP contribution in [0.5, 0.6) is 0 Å². The molecule has 1 heterocycles. The van der Waals surface area contributed by atoms with Gasteiger partial charge in [-0.2, -0.15) is 0 Å². The predicted octanol–water partition coefficient (Wildman–Crippen LogP) is 1.39. The Morgan fingerprint density at radius 2 is 1.88 bits per heavy atom. The number of ether oxygens (including phenoxy) is 1. The molecule has 0 atom stereocenters. The van der Waals surface area contributed by atoms with Gasteiger partial charge >= 0.3 is 5.97 Å². The molecule has 1 aliphatic rings. The Labute approximate surface area is 142 Å². The second-order valence-corrected chi connectivity index (χ2v) is 7.88. The van der Waals surface area contributed by atoms with Crippen molar-refractivity contribution < 1.29 is 22.7 Å². The molecule has 7 nitrogen and oxygen atoms in total. The standard InChI is InChI=1S/C16H22N2O5S/c1-11-13(16(20)23-2)5-4-6-14(11)17-15(19)12-7-9-18(10-8-12)24(3,21)22/h4-6,12H,7-10H2,1-3H3,(H,17,19). The summed E-state index contributed by atoms with van der Waals surface area (Å²) in [5.41, 5.74) is 1.61. The highest BCUT2D eigenvalue weighted by atomic mass is 32.2. The smallest absolute Gasteiger partial charge is 0.338 e. The molecule has 1 fully saturated rings. The van der Waals surface area contributed by atoms with E-state index in [1.807, 2.05) is 0 Å². The van der Waals surface area contributed by atoms with Crippen LogP contribution >= 0.6 is 0 Å². The quantitative estimate of drug-likeness (QED) is 0.825. The summed E-state index contributed by atoms with van der Waals surface area (Å²) in [5, 5.41) is 2.84. The highest BCUT2D eigenvalue weighted by Gasteiger charge is 2.29. The van der Waals surface area contributed by atoms with E-state index >= 15 is 0 Å². The van der Waals surface area contributed by atoms with Crippen molar-refractivity contribution in [1.82, 2.24) is 4.31 Å². The molecule has 0 aromatic heterocycles. The normalized spacial score (nSPS) is 16.6. The topological polar surface area (TPSA) is 92.8 Å². The summed E-state index contributed by atoms with van der Waals surface area (Å²) >= 11 is 0. The second kappa shape index (κ2) is 7.31. The number of hydrogen-bond donors (Lipinski definition) is 1. The van der Waals surface area contributed by atoms with E-state index in [-0.39, 0.29) is 11.8 Å². The molecule has 1 N–H and O–H groups in total. The Balaban J connectivity index is 2.05. The molecule has 1 aliphatic heterocycles. The second-order valence-electron chi connectivity index (χ2n) is 5.90. The monoisotopic (exact) mass is 354 g/mol. The van der Waals surface area contributed by atoms with E-state index in [9.17, 15) is 18.0 Å². The maximum absolute atomic E-state index is 12.4. The lowest BCUT2D eigenvalue weighted by atomic mass is 9.96. The van der Waals surface area contributed by atoms with E-state index in [1.165, 1.54) is 17.7 Å². The molecule has 1 amide bonds.